The minimum Gasteiger partial charge on any atom is -0.353 e. The summed E-state index contributed by atoms with van der Waals surface area (Å²) in [5, 5.41) is 12.0. The lowest BCUT2D eigenvalue weighted by atomic mass is 10.0. The van der Waals surface area contributed by atoms with Crippen molar-refractivity contribution >= 4 is 15.9 Å². The Hall–Kier alpha value is -1.91. The largest absolute Gasteiger partial charge is 0.353 e. The normalized spacial score (nSPS) is 19.4. The van der Waals surface area contributed by atoms with Crippen LogP contribution in [0.5, 0.6) is 0 Å². The number of carbonyl (C=O) groups excluding carboxylic acids is 1. The number of rotatable bonds is 4. The Morgan fingerprint density at radius 2 is 2.13 bits per heavy atom. The molecule has 23 heavy (non-hydrogen) atoms. The fourth-order valence-electron chi connectivity index (χ4n) is 2.78. The number of nitrogens with zero attached hydrogens (tertiary/aromatic N) is 2. The molecule has 1 aromatic rings. The van der Waals surface area contributed by atoms with Crippen molar-refractivity contribution in [2.24, 2.45) is 5.92 Å². The SMILES string of the molecule is Cc1cccc(S(=O)(=O)N2CCNC(=O)[C@@H]2CC(C)C)c1C#N. The van der Waals surface area contributed by atoms with Crippen molar-refractivity contribution in [3.05, 3.63) is 29.3 Å². The molecule has 1 aliphatic heterocycles. The molecule has 0 unspecified atom stereocenters. The highest BCUT2D eigenvalue weighted by molar-refractivity contribution is 7.89. The second-order valence-electron chi connectivity index (χ2n) is 6.11. The molecule has 1 saturated heterocycles. The molecule has 0 aliphatic carbocycles. The molecule has 0 bridgehead atoms. The highest BCUT2D eigenvalue weighted by atomic mass is 32.2. The summed E-state index contributed by atoms with van der Waals surface area (Å²) in [5.41, 5.74) is 0.747. The van der Waals surface area contributed by atoms with Crippen molar-refractivity contribution in [2.75, 3.05) is 13.1 Å². The van der Waals surface area contributed by atoms with Crippen molar-refractivity contribution in [1.29, 1.82) is 5.26 Å². The third-order valence-corrected chi connectivity index (χ3v) is 5.86. The summed E-state index contributed by atoms with van der Waals surface area (Å²) in [7, 11) is -3.90. The first-order valence-electron chi connectivity index (χ1n) is 7.58. The Morgan fingerprint density at radius 1 is 1.43 bits per heavy atom. The predicted molar refractivity (Wildman–Crippen MR) is 86.0 cm³/mol. The van der Waals surface area contributed by atoms with Crippen molar-refractivity contribution in [3.8, 4) is 6.07 Å². The van der Waals surface area contributed by atoms with Crippen LogP contribution in [0.2, 0.25) is 0 Å². The van der Waals surface area contributed by atoms with Gasteiger partial charge in [0.1, 0.15) is 17.0 Å². The second-order valence-corrected chi connectivity index (χ2v) is 7.97. The lowest BCUT2D eigenvalue weighted by molar-refractivity contribution is -0.127. The molecular formula is C16H21N3O3S. The molecule has 1 aliphatic rings. The minimum absolute atomic E-state index is 0.0246. The van der Waals surface area contributed by atoms with Crippen molar-refractivity contribution in [2.45, 2.75) is 38.1 Å². The van der Waals surface area contributed by atoms with E-state index >= 15 is 0 Å². The number of sulfonamides is 1. The maximum atomic E-state index is 13.1. The van der Waals surface area contributed by atoms with E-state index in [-0.39, 0.29) is 35.4 Å². The van der Waals surface area contributed by atoms with Gasteiger partial charge in [-0.2, -0.15) is 9.57 Å². The van der Waals surface area contributed by atoms with Crippen molar-refractivity contribution in [3.63, 3.8) is 0 Å². The van der Waals surface area contributed by atoms with Gasteiger partial charge in [-0.05, 0) is 30.9 Å². The molecule has 124 valence electrons. The molecule has 0 spiro atoms. The fourth-order valence-corrected chi connectivity index (χ4v) is 4.59. The number of aryl methyl sites for hydroxylation is 1. The number of hydrogen-bond donors (Lipinski definition) is 1. The highest BCUT2D eigenvalue weighted by Crippen LogP contribution is 2.27. The Morgan fingerprint density at radius 3 is 2.74 bits per heavy atom. The van der Waals surface area contributed by atoms with E-state index in [4.69, 9.17) is 0 Å². The molecule has 1 aromatic carbocycles. The average Bonchev–Trinajstić information content (AvgIpc) is 2.48. The zero-order valence-electron chi connectivity index (χ0n) is 13.5. The maximum Gasteiger partial charge on any atom is 0.245 e. The summed E-state index contributed by atoms with van der Waals surface area (Å²) >= 11 is 0. The van der Waals surface area contributed by atoms with Crippen LogP contribution in [0, 0.1) is 24.2 Å². The molecule has 2 rings (SSSR count). The summed E-state index contributed by atoms with van der Waals surface area (Å²) in [6.07, 6.45) is 0.443. The average molecular weight is 335 g/mol. The number of amides is 1. The van der Waals surface area contributed by atoms with Gasteiger partial charge in [-0.15, -0.1) is 0 Å². The molecular weight excluding hydrogens is 314 g/mol. The van der Waals surface area contributed by atoms with E-state index in [1.807, 2.05) is 19.9 Å². The first-order chi connectivity index (χ1) is 10.8. The summed E-state index contributed by atoms with van der Waals surface area (Å²) in [5.74, 6) is -0.103. The van der Waals surface area contributed by atoms with Gasteiger partial charge in [0.05, 0.1) is 5.56 Å². The quantitative estimate of drug-likeness (QED) is 0.900. The first-order valence-corrected chi connectivity index (χ1v) is 9.02. The van der Waals surface area contributed by atoms with Gasteiger partial charge in [0.15, 0.2) is 0 Å². The smallest absolute Gasteiger partial charge is 0.245 e. The molecule has 1 N–H and O–H groups in total. The topological polar surface area (TPSA) is 90.3 Å². The minimum atomic E-state index is -3.90. The molecule has 1 heterocycles. The lowest BCUT2D eigenvalue weighted by Crippen LogP contribution is -2.57. The molecule has 7 heteroatoms. The van der Waals surface area contributed by atoms with Crippen LogP contribution in [0.4, 0.5) is 0 Å². The van der Waals surface area contributed by atoms with Gasteiger partial charge in [-0.3, -0.25) is 4.79 Å². The molecule has 1 amide bonds. The van der Waals surface area contributed by atoms with E-state index < -0.39 is 16.1 Å². The summed E-state index contributed by atoms with van der Waals surface area (Å²) in [4.78, 5) is 12.1. The molecule has 6 nitrogen and oxygen atoms in total. The first kappa shape index (κ1) is 17.4. The van der Waals surface area contributed by atoms with Crippen LogP contribution in [0.25, 0.3) is 0 Å². The molecule has 0 aromatic heterocycles. The van der Waals surface area contributed by atoms with Gasteiger partial charge < -0.3 is 5.32 Å². The number of nitrogens with one attached hydrogen (secondary N) is 1. The Labute approximate surface area is 137 Å². The van der Waals surface area contributed by atoms with Crippen LogP contribution in [0.3, 0.4) is 0 Å². The maximum absolute atomic E-state index is 13.1. The van der Waals surface area contributed by atoms with Crippen LogP contribution in [-0.2, 0) is 14.8 Å². The standard InChI is InChI=1S/C16H21N3O3S/c1-11(2)9-14-16(20)18-7-8-19(14)23(21,22)15-6-4-5-12(3)13(15)10-17/h4-6,11,14H,7-9H2,1-3H3,(H,18,20)/t14-/m0/s1. The Kier molecular flexibility index (Phi) is 5.07. The van der Waals surface area contributed by atoms with E-state index in [9.17, 15) is 18.5 Å². The highest BCUT2D eigenvalue weighted by Gasteiger charge is 2.39. The van der Waals surface area contributed by atoms with E-state index in [1.54, 1.807) is 19.1 Å². The Bertz CT molecular complexity index is 750. The van der Waals surface area contributed by atoms with Gasteiger partial charge in [-0.1, -0.05) is 26.0 Å². The third kappa shape index (κ3) is 3.38. The van der Waals surface area contributed by atoms with Gasteiger partial charge in [0.2, 0.25) is 15.9 Å². The third-order valence-electron chi connectivity index (χ3n) is 3.91. The molecule has 1 fully saturated rings. The van der Waals surface area contributed by atoms with Crippen LogP contribution < -0.4 is 5.32 Å². The zero-order valence-corrected chi connectivity index (χ0v) is 14.4. The number of benzene rings is 1. The zero-order chi connectivity index (χ0) is 17.2. The predicted octanol–water partition coefficient (Wildman–Crippen LogP) is 1.40. The number of piperazine rings is 1. The van der Waals surface area contributed by atoms with Crippen LogP contribution in [0.15, 0.2) is 23.1 Å². The summed E-state index contributed by atoms with van der Waals surface area (Å²) in [6, 6.07) is 5.98. The lowest BCUT2D eigenvalue weighted by Gasteiger charge is -2.35. The monoisotopic (exact) mass is 335 g/mol. The summed E-state index contributed by atoms with van der Waals surface area (Å²) < 4.78 is 27.3. The van der Waals surface area contributed by atoms with Crippen molar-refractivity contribution in [1.82, 2.24) is 9.62 Å². The molecule has 0 saturated carbocycles. The number of carbonyl (C=O) groups is 1. The molecule has 0 radical (unpaired) electrons. The Balaban J connectivity index is 2.51. The van der Waals surface area contributed by atoms with Crippen LogP contribution in [-0.4, -0.2) is 37.8 Å². The number of hydrogen-bond acceptors (Lipinski definition) is 4. The summed E-state index contributed by atoms with van der Waals surface area (Å²) in [6.45, 7) is 6.08. The number of nitriles is 1. The second kappa shape index (κ2) is 6.69. The van der Waals surface area contributed by atoms with E-state index in [0.717, 1.165) is 0 Å². The van der Waals surface area contributed by atoms with E-state index in [2.05, 4.69) is 5.32 Å². The van der Waals surface area contributed by atoms with Gasteiger partial charge in [0.25, 0.3) is 0 Å². The molecule has 1 atom stereocenters. The van der Waals surface area contributed by atoms with E-state index in [0.29, 0.717) is 12.0 Å². The van der Waals surface area contributed by atoms with Gasteiger partial charge in [0, 0.05) is 13.1 Å². The van der Waals surface area contributed by atoms with E-state index in [1.165, 1.54) is 10.4 Å². The van der Waals surface area contributed by atoms with Crippen LogP contribution >= 0.6 is 0 Å². The van der Waals surface area contributed by atoms with Gasteiger partial charge in [-0.25, -0.2) is 8.42 Å². The fraction of sp³-hybridized carbons (Fsp3) is 0.500. The van der Waals surface area contributed by atoms with Gasteiger partial charge >= 0.3 is 0 Å². The van der Waals surface area contributed by atoms with Crippen molar-refractivity contribution < 1.29 is 13.2 Å². The van der Waals surface area contributed by atoms with Crippen LogP contribution in [0.1, 0.15) is 31.4 Å².